The Morgan fingerprint density at radius 3 is 2.39 bits per heavy atom. The minimum Gasteiger partial charge on any atom is -0.392 e. The molecule has 1 aliphatic carbocycles. The maximum atomic E-state index is 12.3. The third-order valence-corrected chi connectivity index (χ3v) is 5.25. The second-order valence-electron chi connectivity index (χ2n) is 7.39. The predicted molar refractivity (Wildman–Crippen MR) is 95.6 cm³/mol. The van der Waals surface area contributed by atoms with Gasteiger partial charge in [0, 0.05) is 12.3 Å². The number of Topliss-reactive ketones (excluding diaryl/α,β-unsaturated/α-hetero) is 1. The average molecular weight is 316 g/mol. The van der Waals surface area contributed by atoms with Crippen molar-refractivity contribution in [3.8, 4) is 0 Å². The quantitative estimate of drug-likeness (QED) is 0.701. The summed E-state index contributed by atoms with van der Waals surface area (Å²) < 4.78 is 0. The van der Waals surface area contributed by atoms with Crippen LogP contribution in [0.1, 0.15) is 68.6 Å². The van der Waals surface area contributed by atoms with Crippen LogP contribution in [0.25, 0.3) is 0 Å². The molecular weight excluding hydrogens is 284 g/mol. The average Bonchev–Trinajstić information content (AvgIpc) is 2.74. The number of ketones is 1. The summed E-state index contributed by atoms with van der Waals surface area (Å²) in [6.07, 6.45) is 7.63. The van der Waals surface area contributed by atoms with E-state index in [2.05, 4.69) is 39.0 Å². The van der Waals surface area contributed by atoms with Gasteiger partial charge in [0.25, 0.3) is 0 Å². The van der Waals surface area contributed by atoms with Gasteiger partial charge >= 0.3 is 0 Å². The molecule has 128 valence electrons. The predicted octanol–water partition coefficient (Wildman–Crippen LogP) is 4.77. The largest absolute Gasteiger partial charge is 0.392 e. The van der Waals surface area contributed by atoms with E-state index in [9.17, 15) is 9.90 Å². The molecule has 0 bridgehead atoms. The molecule has 1 saturated carbocycles. The van der Waals surface area contributed by atoms with Gasteiger partial charge in [0.1, 0.15) is 5.78 Å². The number of unbranched alkanes of at least 4 members (excludes halogenated alkanes) is 3. The zero-order valence-corrected chi connectivity index (χ0v) is 15.0. The highest BCUT2D eigenvalue weighted by molar-refractivity contribution is 5.84. The number of carbonyl (C=O) groups is 1. The fourth-order valence-corrected chi connectivity index (χ4v) is 4.13. The molecule has 1 aliphatic rings. The van der Waals surface area contributed by atoms with Gasteiger partial charge in [-0.15, -0.1) is 0 Å². The Morgan fingerprint density at radius 1 is 1.04 bits per heavy atom. The summed E-state index contributed by atoms with van der Waals surface area (Å²) >= 11 is 0. The molecule has 0 saturated heterocycles. The fourth-order valence-electron chi connectivity index (χ4n) is 4.13. The first-order valence-electron chi connectivity index (χ1n) is 9.29. The Labute approximate surface area is 141 Å². The third-order valence-electron chi connectivity index (χ3n) is 5.25. The van der Waals surface area contributed by atoms with Crippen molar-refractivity contribution in [3.05, 3.63) is 34.9 Å². The van der Waals surface area contributed by atoms with Crippen molar-refractivity contribution in [3.63, 3.8) is 0 Å². The lowest BCUT2D eigenvalue weighted by Crippen LogP contribution is -2.21. The Morgan fingerprint density at radius 2 is 1.74 bits per heavy atom. The number of carbonyl (C=O) groups excluding carboxylic acids is 1. The van der Waals surface area contributed by atoms with Gasteiger partial charge in [-0.05, 0) is 44.6 Å². The van der Waals surface area contributed by atoms with E-state index in [4.69, 9.17) is 0 Å². The Kier molecular flexibility index (Phi) is 6.83. The zero-order valence-electron chi connectivity index (χ0n) is 15.0. The standard InChI is InChI=1S/C21H32O2/c1-4-5-6-7-8-18-19(21(23)14-20(18)22)10-9-17-12-15(2)11-16(3)13-17/h11-13,18-20,22H,4-10,14H2,1-3H3/t18-,19-,20?/m1/s1. The molecule has 0 aromatic heterocycles. The number of aliphatic hydroxyl groups is 1. The van der Waals surface area contributed by atoms with Crippen LogP contribution in [0, 0.1) is 25.7 Å². The van der Waals surface area contributed by atoms with Gasteiger partial charge in [-0.1, -0.05) is 61.9 Å². The van der Waals surface area contributed by atoms with Crippen molar-refractivity contribution >= 4 is 5.78 Å². The molecule has 23 heavy (non-hydrogen) atoms. The Balaban J connectivity index is 1.93. The van der Waals surface area contributed by atoms with Gasteiger partial charge in [-0.2, -0.15) is 0 Å². The summed E-state index contributed by atoms with van der Waals surface area (Å²) in [5, 5.41) is 10.3. The summed E-state index contributed by atoms with van der Waals surface area (Å²) in [6, 6.07) is 6.63. The summed E-state index contributed by atoms with van der Waals surface area (Å²) in [5.74, 6) is 0.528. The van der Waals surface area contributed by atoms with Crippen LogP contribution in [0.4, 0.5) is 0 Å². The van der Waals surface area contributed by atoms with E-state index in [1.54, 1.807) is 0 Å². The highest BCUT2D eigenvalue weighted by atomic mass is 16.3. The van der Waals surface area contributed by atoms with Gasteiger partial charge in [-0.3, -0.25) is 4.79 Å². The van der Waals surface area contributed by atoms with Gasteiger partial charge in [0.2, 0.25) is 0 Å². The maximum absolute atomic E-state index is 12.3. The molecule has 2 rings (SSSR count). The molecule has 3 atom stereocenters. The molecule has 0 amide bonds. The van der Waals surface area contributed by atoms with E-state index in [0.29, 0.717) is 6.42 Å². The second kappa shape index (κ2) is 8.63. The van der Waals surface area contributed by atoms with Gasteiger partial charge in [0.05, 0.1) is 6.10 Å². The molecule has 0 heterocycles. The van der Waals surface area contributed by atoms with Crippen molar-refractivity contribution in [1.82, 2.24) is 0 Å². The molecule has 1 N–H and O–H groups in total. The number of benzene rings is 1. The van der Waals surface area contributed by atoms with Crippen LogP contribution in [0.2, 0.25) is 0 Å². The first kappa shape index (κ1) is 18.2. The first-order chi connectivity index (χ1) is 11.0. The lowest BCUT2D eigenvalue weighted by molar-refractivity contribution is -0.121. The Hall–Kier alpha value is -1.15. The Bertz CT molecular complexity index is 500. The zero-order chi connectivity index (χ0) is 16.8. The van der Waals surface area contributed by atoms with Crippen LogP contribution in [0.3, 0.4) is 0 Å². The van der Waals surface area contributed by atoms with E-state index >= 15 is 0 Å². The maximum Gasteiger partial charge on any atom is 0.138 e. The molecular formula is C21H32O2. The monoisotopic (exact) mass is 316 g/mol. The smallest absolute Gasteiger partial charge is 0.138 e. The van der Waals surface area contributed by atoms with Crippen LogP contribution in [0.15, 0.2) is 18.2 Å². The molecule has 1 unspecified atom stereocenters. The molecule has 0 aliphatic heterocycles. The van der Waals surface area contributed by atoms with Crippen molar-refractivity contribution in [1.29, 1.82) is 0 Å². The minimum absolute atomic E-state index is 0.0624. The van der Waals surface area contributed by atoms with E-state index in [1.807, 2.05) is 0 Å². The summed E-state index contributed by atoms with van der Waals surface area (Å²) in [6.45, 7) is 6.45. The lowest BCUT2D eigenvalue weighted by Gasteiger charge is -2.21. The third kappa shape index (κ3) is 5.17. The fraction of sp³-hybridized carbons (Fsp3) is 0.667. The number of aliphatic hydroxyl groups excluding tert-OH is 1. The first-order valence-corrected chi connectivity index (χ1v) is 9.29. The van der Waals surface area contributed by atoms with E-state index < -0.39 is 6.10 Å². The van der Waals surface area contributed by atoms with Crippen molar-refractivity contribution in [2.45, 2.75) is 78.2 Å². The molecule has 2 nitrogen and oxygen atoms in total. The van der Waals surface area contributed by atoms with Crippen LogP contribution < -0.4 is 0 Å². The number of hydrogen-bond donors (Lipinski definition) is 1. The van der Waals surface area contributed by atoms with E-state index in [-0.39, 0.29) is 17.6 Å². The summed E-state index contributed by atoms with van der Waals surface area (Å²) in [4.78, 5) is 12.3. The molecule has 0 radical (unpaired) electrons. The van der Waals surface area contributed by atoms with E-state index in [0.717, 1.165) is 25.7 Å². The number of aryl methyl sites for hydroxylation is 3. The molecule has 1 aromatic rings. The van der Waals surface area contributed by atoms with Crippen LogP contribution in [-0.2, 0) is 11.2 Å². The second-order valence-corrected chi connectivity index (χ2v) is 7.39. The van der Waals surface area contributed by atoms with Crippen LogP contribution in [0.5, 0.6) is 0 Å². The number of rotatable bonds is 8. The molecule has 1 aromatic carbocycles. The lowest BCUT2D eigenvalue weighted by atomic mass is 9.85. The highest BCUT2D eigenvalue weighted by Gasteiger charge is 2.40. The molecule has 1 fully saturated rings. The van der Waals surface area contributed by atoms with Crippen LogP contribution >= 0.6 is 0 Å². The van der Waals surface area contributed by atoms with Gasteiger partial charge < -0.3 is 5.11 Å². The van der Waals surface area contributed by atoms with Crippen molar-refractivity contribution < 1.29 is 9.90 Å². The minimum atomic E-state index is -0.409. The number of hydrogen-bond acceptors (Lipinski definition) is 2. The van der Waals surface area contributed by atoms with Crippen molar-refractivity contribution in [2.75, 3.05) is 0 Å². The summed E-state index contributed by atoms with van der Waals surface area (Å²) in [5.41, 5.74) is 3.89. The SMILES string of the molecule is CCCCCC[C@H]1C(O)CC(=O)[C@@H]1CCc1cc(C)cc(C)c1. The normalized spacial score (nSPS) is 24.3. The van der Waals surface area contributed by atoms with E-state index in [1.165, 1.54) is 36.0 Å². The van der Waals surface area contributed by atoms with Crippen LogP contribution in [-0.4, -0.2) is 17.0 Å². The van der Waals surface area contributed by atoms with Crippen molar-refractivity contribution in [2.24, 2.45) is 11.8 Å². The molecule has 2 heteroatoms. The van der Waals surface area contributed by atoms with Gasteiger partial charge in [-0.25, -0.2) is 0 Å². The molecule has 0 spiro atoms. The highest BCUT2D eigenvalue weighted by Crippen LogP contribution is 2.36. The summed E-state index contributed by atoms with van der Waals surface area (Å²) in [7, 11) is 0. The topological polar surface area (TPSA) is 37.3 Å². The van der Waals surface area contributed by atoms with Gasteiger partial charge in [0.15, 0.2) is 0 Å².